The van der Waals surface area contributed by atoms with Crippen molar-refractivity contribution in [2.24, 2.45) is 5.92 Å². The predicted molar refractivity (Wildman–Crippen MR) is 86.1 cm³/mol. The number of nitrogens with one attached hydrogen (secondary N) is 1. The Kier molecular flexibility index (Phi) is 5.60. The van der Waals surface area contributed by atoms with Crippen molar-refractivity contribution in [2.45, 2.75) is 46.6 Å². The summed E-state index contributed by atoms with van der Waals surface area (Å²) < 4.78 is 2.39. The molecule has 0 radical (unpaired) electrons. The van der Waals surface area contributed by atoms with Gasteiger partial charge in [-0.1, -0.05) is 32.9 Å². The molecule has 1 heterocycles. The van der Waals surface area contributed by atoms with Crippen LogP contribution >= 0.6 is 0 Å². The SMILES string of the molecule is CCc1nc2ccccc2n1CCCCNCC(C)C. The van der Waals surface area contributed by atoms with E-state index >= 15 is 0 Å². The van der Waals surface area contributed by atoms with Crippen molar-refractivity contribution in [2.75, 3.05) is 13.1 Å². The highest BCUT2D eigenvalue weighted by Gasteiger charge is 2.07. The van der Waals surface area contributed by atoms with Crippen molar-refractivity contribution in [3.63, 3.8) is 0 Å². The second-order valence-electron chi connectivity index (χ2n) is 5.83. The molecule has 3 heteroatoms. The Labute approximate surface area is 122 Å². The Balaban J connectivity index is 1.89. The lowest BCUT2D eigenvalue weighted by molar-refractivity contribution is 0.518. The lowest BCUT2D eigenvalue weighted by Gasteiger charge is -2.09. The van der Waals surface area contributed by atoms with Crippen molar-refractivity contribution in [1.29, 1.82) is 0 Å². The van der Waals surface area contributed by atoms with Crippen molar-refractivity contribution < 1.29 is 0 Å². The zero-order valence-electron chi connectivity index (χ0n) is 13.0. The van der Waals surface area contributed by atoms with Gasteiger partial charge in [-0.2, -0.15) is 0 Å². The van der Waals surface area contributed by atoms with Gasteiger partial charge >= 0.3 is 0 Å². The summed E-state index contributed by atoms with van der Waals surface area (Å²) in [6, 6.07) is 8.45. The molecule has 20 heavy (non-hydrogen) atoms. The van der Waals surface area contributed by atoms with E-state index in [9.17, 15) is 0 Å². The molecule has 1 aromatic carbocycles. The summed E-state index contributed by atoms with van der Waals surface area (Å²) in [5, 5.41) is 3.51. The molecule has 0 aliphatic carbocycles. The topological polar surface area (TPSA) is 29.9 Å². The minimum Gasteiger partial charge on any atom is -0.328 e. The van der Waals surface area contributed by atoms with Gasteiger partial charge in [-0.05, 0) is 44.0 Å². The monoisotopic (exact) mass is 273 g/mol. The van der Waals surface area contributed by atoms with Gasteiger partial charge in [0.1, 0.15) is 5.82 Å². The smallest absolute Gasteiger partial charge is 0.109 e. The van der Waals surface area contributed by atoms with E-state index in [0.29, 0.717) is 0 Å². The van der Waals surface area contributed by atoms with Crippen LogP contribution in [0.1, 0.15) is 39.4 Å². The van der Waals surface area contributed by atoms with E-state index < -0.39 is 0 Å². The molecule has 2 aromatic rings. The first kappa shape index (κ1) is 15.0. The maximum Gasteiger partial charge on any atom is 0.109 e. The van der Waals surface area contributed by atoms with Gasteiger partial charge < -0.3 is 9.88 Å². The van der Waals surface area contributed by atoms with Gasteiger partial charge in [-0.15, -0.1) is 0 Å². The van der Waals surface area contributed by atoms with Crippen molar-refractivity contribution in [3.8, 4) is 0 Å². The minimum atomic E-state index is 0.735. The molecule has 0 amide bonds. The first-order valence-corrected chi connectivity index (χ1v) is 7.87. The molecule has 0 unspecified atom stereocenters. The van der Waals surface area contributed by atoms with Crippen molar-refractivity contribution in [3.05, 3.63) is 30.1 Å². The molecule has 0 atom stereocenters. The van der Waals surface area contributed by atoms with Gasteiger partial charge in [0.2, 0.25) is 0 Å². The van der Waals surface area contributed by atoms with Crippen LogP contribution < -0.4 is 5.32 Å². The fraction of sp³-hybridized carbons (Fsp3) is 0.588. The average molecular weight is 273 g/mol. The normalized spacial score (nSPS) is 11.6. The highest BCUT2D eigenvalue weighted by Crippen LogP contribution is 2.17. The lowest BCUT2D eigenvalue weighted by atomic mass is 10.2. The Bertz CT molecular complexity index is 528. The summed E-state index contributed by atoms with van der Waals surface area (Å²) in [6.45, 7) is 9.99. The molecular weight excluding hydrogens is 246 g/mol. The highest BCUT2D eigenvalue weighted by molar-refractivity contribution is 5.75. The molecule has 1 N–H and O–H groups in total. The lowest BCUT2D eigenvalue weighted by Crippen LogP contribution is -2.21. The van der Waals surface area contributed by atoms with Gasteiger partial charge in [0, 0.05) is 13.0 Å². The number of rotatable bonds is 8. The summed E-state index contributed by atoms with van der Waals surface area (Å²) in [7, 11) is 0. The summed E-state index contributed by atoms with van der Waals surface area (Å²) in [4.78, 5) is 4.72. The molecule has 110 valence electrons. The highest BCUT2D eigenvalue weighted by atomic mass is 15.1. The van der Waals surface area contributed by atoms with Crippen LogP contribution in [0, 0.1) is 5.92 Å². The molecule has 0 saturated carbocycles. The number of benzene rings is 1. The van der Waals surface area contributed by atoms with E-state index in [1.807, 2.05) is 0 Å². The first-order chi connectivity index (χ1) is 9.72. The molecule has 0 fully saturated rings. The summed E-state index contributed by atoms with van der Waals surface area (Å²) >= 11 is 0. The van der Waals surface area contributed by atoms with Crippen LogP contribution in [-0.2, 0) is 13.0 Å². The third-order valence-electron chi connectivity index (χ3n) is 3.59. The predicted octanol–water partition coefficient (Wildman–Crippen LogP) is 3.62. The number of unbranched alkanes of at least 4 members (excludes halogenated alkanes) is 1. The zero-order chi connectivity index (χ0) is 14.4. The second-order valence-corrected chi connectivity index (χ2v) is 5.83. The van der Waals surface area contributed by atoms with Crippen LogP contribution in [-0.4, -0.2) is 22.6 Å². The Morgan fingerprint density at radius 1 is 1.20 bits per heavy atom. The third kappa shape index (κ3) is 3.83. The van der Waals surface area contributed by atoms with Gasteiger partial charge in [-0.3, -0.25) is 0 Å². The molecule has 0 saturated heterocycles. The van der Waals surface area contributed by atoms with E-state index in [-0.39, 0.29) is 0 Å². The standard InChI is InChI=1S/C17H27N3/c1-4-17-19-15-9-5-6-10-16(15)20(17)12-8-7-11-18-13-14(2)3/h5-6,9-10,14,18H,4,7-8,11-13H2,1-3H3. The van der Waals surface area contributed by atoms with Crippen molar-refractivity contribution in [1.82, 2.24) is 14.9 Å². The van der Waals surface area contributed by atoms with Crippen LogP contribution in [0.4, 0.5) is 0 Å². The van der Waals surface area contributed by atoms with Gasteiger partial charge in [0.05, 0.1) is 11.0 Å². The van der Waals surface area contributed by atoms with Crippen LogP contribution in [0.3, 0.4) is 0 Å². The quantitative estimate of drug-likeness (QED) is 0.744. The Hall–Kier alpha value is -1.35. The number of para-hydroxylation sites is 2. The van der Waals surface area contributed by atoms with E-state index in [1.54, 1.807) is 0 Å². The van der Waals surface area contributed by atoms with Crippen LogP contribution in [0.25, 0.3) is 11.0 Å². The van der Waals surface area contributed by atoms with E-state index in [0.717, 1.165) is 37.5 Å². The fourth-order valence-electron chi connectivity index (χ4n) is 2.56. The molecule has 2 rings (SSSR count). The average Bonchev–Trinajstić information content (AvgIpc) is 2.80. The zero-order valence-corrected chi connectivity index (χ0v) is 13.0. The second kappa shape index (κ2) is 7.44. The summed E-state index contributed by atoms with van der Waals surface area (Å²) in [6.07, 6.45) is 3.43. The van der Waals surface area contributed by atoms with Crippen molar-refractivity contribution >= 4 is 11.0 Å². The molecule has 3 nitrogen and oxygen atoms in total. The third-order valence-corrected chi connectivity index (χ3v) is 3.59. The van der Waals surface area contributed by atoms with E-state index in [2.05, 4.69) is 54.9 Å². The molecule has 0 bridgehead atoms. The number of nitrogens with zero attached hydrogens (tertiary/aromatic N) is 2. The summed E-state index contributed by atoms with van der Waals surface area (Å²) in [5.41, 5.74) is 2.40. The number of aromatic nitrogens is 2. The number of hydrogen-bond donors (Lipinski definition) is 1. The van der Waals surface area contributed by atoms with E-state index in [1.165, 1.54) is 24.2 Å². The van der Waals surface area contributed by atoms with Crippen LogP contribution in [0.15, 0.2) is 24.3 Å². The number of hydrogen-bond acceptors (Lipinski definition) is 2. The van der Waals surface area contributed by atoms with E-state index in [4.69, 9.17) is 4.98 Å². The number of aryl methyl sites for hydroxylation is 2. The van der Waals surface area contributed by atoms with Gasteiger partial charge in [0.25, 0.3) is 0 Å². The van der Waals surface area contributed by atoms with Crippen LogP contribution in [0.2, 0.25) is 0 Å². The minimum absolute atomic E-state index is 0.735. The molecule has 0 aliphatic rings. The molecular formula is C17H27N3. The summed E-state index contributed by atoms with van der Waals surface area (Å²) in [5.74, 6) is 1.95. The maximum atomic E-state index is 4.72. The molecule has 0 spiro atoms. The van der Waals surface area contributed by atoms with Gasteiger partial charge in [0.15, 0.2) is 0 Å². The van der Waals surface area contributed by atoms with Gasteiger partial charge in [-0.25, -0.2) is 4.98 Å². The largest absolute Gasteiger partial charge is 0.328 e. The Morgan fingerprint density at radius 3 is 2.75 bits per heavy atom. The molecule has 0 aliphatic heterocycles. The first-order valence-electron chi connectivity index (χ1n) is 7.87. The molecule has 1 aromatic heterocycles. The Morgan fingerprint density at radius 2 is 2.00 bits per heavy atom. The maximum absolute atomic E-state index is 4.72. The fourth-order valence-corrected chi connectivity index (χ4v) is 2.56. The number of fused-ring (bicyclic) bond motifs is 1. The number of imidazole rings is 1. The van der Waals surface area contributed by atoms with Crippen LogP contribution in [0.5, 0.6) is 0 Å².